The van der Waals surface area contributed by atoms with Crippen LogP contribution >= 0.6 is 11.8 Å². The molecular weight excluding hydrogens is 252 g/mol. The standard InChI is InChI=1S/C16H14N2S/c17-14-8-9-15(13-7-4-10-18-16(13)14)19-11-12-5-2-1-3-6-12/h1-10H,11,17H2. The van der Waals surface area contributed by atoms with Crippen molar-refractivity contribution in [2.75, 3.05) is 5.73 Å². The Balaban J connectivity index is 1.91. The van der Waals surface area contributed by atoms with Crippen molar-refractivity contribution in [2.24, 2.45) is 0 Å². The molecule has 0 amide bonds. The fourth-order valence-electron chi connectivity index (χ4n) is 2.03. The van der Waals surface area contributed by atoms with Crippen LogP contribution in [-0.4, -0.2) is 4.98 Å². The van der Waals surface area contributed by atoms with Crippen LogP contribution in [0.1, 0.15) is 5.56 Å². The lowest BCUT2D eigenvalue weighted by Crippen LogP contribution is -1.90. The Morgan fingerprint density at radius 2 is 1.79 bits per heavy atom. The van der Waals surface area contributed by atoms with Gasteiger partial charge in [0.15, 0.2) is 0 Å². The van der Waals surface area contributed by atoms with Crippen molar-refractivity contribution < 1.29 is 0 Å². The van der Waals surface area contributed by atoms with Gasteiger partial charge in [-0.25, -0.2) is 0 Å². The van der Waals surface area contributed by atoms with Crippen LogP contribution in [-0.2, 0) is 5.75 Å². The Morgan fingerprint density at radius 3 is 2.63 bits per heavy atom. The second-order valence-electron chi connectivity index (χ2n) is 4.33. The molecule has 2 nitrogen and oxygen atoms in total. The highest BCUT2D eigenvalue weighted by atomic mass is 32.2. The molecule has 0 spiro atoms. The molecule has 3 rings (SSSR count). The first-order valence-electron chi connectivity index (χ1n) is 6.14. The zero-order valence-corrected chi connectivity index (χ0v) is 11.2. The average molecular weight is 266 g/mol. The molecule has 2 N–H and O–H groups in total. The Bertz CT molecular complexity index is 695. The van der Waals surface area contributed by atoms with Crippen LogP contribution in [0, 0.1) is 0 Å². The van der Waals surface area contributed by atoms with E-state index in [0.717, 1.165) is 22.3 Å². The van der Waals surface area contributed by atoms with Crippen molar-refractivity contribution in [2.45, 2.75) is 10.6 Å². The number of hydrogen-bond acceptors (Lipinski definition) is 3. The Kier molecular flexibility index (Phi) is 3.38. The minimum Gasteiger partial charge on any atom is -0.397 e. The second-order valence-corrected chi connectivity index (χ2v) is 5.34. The summed E-state index contributed by atoms with van der Waals surface area (Å²) in [7, 11) is 0. The summed E-state index contributed by atoms with van der Waals surface area (Å²) < 4.78 is 0. The topological polar surface area (TPSA) is 38.9 Å². The monoisotopic (exact) mass is 266 g/mol. The number of benzene rings is 2. The summed E-state index contributed by atoms with van der Waals surface area (Å²) >= 11 is 1.82. The van der Waals surface area contributed by atoms with E-state index in [9.17, 15) is 0 Å². The van der Waals surface area contributed by atoms with Crippen molar-refractivity contribution >= 4 is 28.4 Å². The first-order valence-corrected chi connectivity index (χ1v) is 7.13. The molecule has 0 saturated carbocycles. The van der Waals surface area contributed by atoms with Crippen LogP contribution in [0.4, 0.5) is 5.69 Å². The highest BCUT2D eigenvalue weighted by Crippen LogP contribution is 2.31. The van der Waals surface area contributed by atoms with E-state index in [1.807, 2.05) is 30.0 Å². The number of nitrogens with two attached hydrogens (primary N) is 1. The van der Waals surface area contributed by atoms with E-state index in [4.69, 9.17) is 5.73 Å². The maximum absolute atomic E-state index is 5.96. The first-order chi connectivity index (χ1) is 9.34. The van der Waals surface area contributed by atoms with E-state index in [0.29, 0.717) is 0 Å². The summed E-state index contributed by atoms with van der Waals surface area (Å²) in [5.41, 5.74) is 8.91. The van der Waals surface area contributed by atoms with Gasteiger partial charge in [-0.05, 0) is 23.8 Å². The summed E-state index contributed by atoms with van der Waals surface area (Å²) in [6.07, 6.45) is 1.78. The van der Waals surface area contributed by atoms with Gasteiger partial charge in [-0.3, -0.25) is 4.98 Å². The van der Waals surface area contributed by atoms with E-state index in [1.165, 1.54) is 10.5 Å². The summed E-state index contributed by atoms with van der Waals surface area (Å²) in [6.45, 7) is 0. The molecule has 3 heteroatoms. The molecular formula is C16H14N2S. The Labute approximate surface area is 116 Å². The molecule has 0 atom stereocenters. The van der Waals surface area contributed by atoms with E-state index >= 15 is 0 Å². The molecule has 0 aliphatic carbocycles. The van der Waals surface area contributed by atoms with Crippen LogP contribution in [0.3, 0.4) is 0 Å². The van der Waals surface area contributed by atoms with Crippen molar-refractivity contribution in [1.82, 2.24) is 4.98 Å². The van der Waals surface area contributed by atoms with Crippen LogP contribution < -0.4 is 5.73 Å². The molecule has 0 unspecified atom stereocenters. The molecule has 0 saturated heterocycles. The van der Waals surface area contributed by atoms with Crippen LogP contribution in [0.2, 0.25) is 0 Å². The lowest BCUT2D eigenvalue weighted by molar-refractivity contribution is 1.37. The highest BCUT2D eigenvalue weighted by molar-refractivity contribution is 7.98. The van der Waals surface area contributed by atoms with E-state index in [1.54, 1.807) is 6.20 Å². The number of pyridine rings is 1. The van der Waals surface area contributed by atoms with Gasteiger partial charge in [-0.2, -0.15) is 0 Å². The van der Waals surface area contributed by atoms with E-state index in [-0.39, 0.29) is 0 Å². The third kappa shape index (κ3) is 2.56. The second kappa shape index (κ2) is 5.33. The maximum atomic E-state index is 5.96. The smallest absolute Gasteiger partial charge is 0.0942 e. The number of anilines is 1. The lowest BCUT2D eigenvalue weighted by Gasteiger charge is -2.07. The molecule has 3 aromatic rings. The predicted octanol–water partition coefficient (Wildman–Crippen LogP) is 4.11. The zero-order valence-electron chi connectivity index (χ0n) is 10.4. The van der Waals surface area contributed by atoms with Crippen molar-refractivity contribution in [3.05, 3.63) is 66.4 Å². The normalized spacial score (nSPS) is 10.7. The quantitative estimate of drug-likeness (QED) is 0.573. The zero-order chi connectivity index (χ0) is 13.1. The van der Waals surface area contributed by atoms with Crippen molar-refractivity contribution in [3.63, 3.8) is 0 Å². The SMILES string of the molecule is Nc1ccc(SCc2ccccc2)c2cccnc12. The summed E-state index contributed by atoms with van der Waals surface area (Å²) in [5.74, 6) is 0.953. The van der Waals surface area contributed by atoms with Gasteiger partial charge in [-0.1, -0.05) is 36.4 Å². The summed E-state index contributed by atoms with van der Waals surface area (Å²) in [5, 5.41) is 1.13. The molecule has 1 heterocycles. The largest absolute Gasteiger partial charge is 0.397 e. The number of rotatable bonds is 3. The Morgan fingerprint density at radius 1 is 0.947 bits per heavy atom. The number of nitrogen functional groups attached to an aromatic ring is 1. The third-order valence-electron chi connectivity index (χ3n) is 3.00. The fourth-order valence-corrected chi connectivity index (χ4v) is 3.03. The summed E-state index contributed by atoms with van der Waals surface area (Å²) in [4.78, 5) is 5.58. The van der Waals surface area contributed by atoms with Crippen molar-refractivity contribution in [3.8, 4) is 0 Å². The molecule has 94 valence electrons. The predicted molar refractivity (Wildman–Crippen MR) is 82.2 cm³/mol. The number of fused-ring (bicyclic) bond motifs is 1. The van der Waals surface area contributed by atoms with Crippen LogP contribution in [0.15, 0.2) is 65.7 Å². The average Bonchev–Trinajstić information content (AvgIpc) is 2.48. The molecule has 0 aliphatic rings. The van der Waals surface area contributed by atoms with Gasteiger partial charge in [0.25, 0.3) is 0 Å². The van der Waals surface area contributed by atoms with Crippen LogP contribution in [0.25, 0.3) is 10.9 Å². The number of nitrogens with zero attached hydrogens (tertiary/aromatic N) is 1. The maximum Gasteiger partial charge on any atom is 0.0942 e. The van der Waals surface area contributed by atoms with E-state index < -0.39 is 0 Å². The summed E-state index contributed by atoms with van der Waals surface area (Å²) in [6, 6.07) is 18.5. The van der Waals surface area contributed by atoms with Gasteiger partial charge in [0, 0.05) is 22.2 Å². The molecule has 0 aliphatic heterocycles. The van der Waals surface area contributed by atoms with Crippen molar-refractivity contribution in [1.29, 1.82) is 0 Å². The molecule has 19 heavy (non-hydrogen) atoms. The van der Waals surface area contributed by atoms with Gasteiger partial charge < -0.3 is 5.73 Å². The van der Waals surface area contributed by atoms with Gasteiger partial charge in [0.1, 0.15) is 0 Å². The molecule has 0 radical (unpaired) electrons. The van der Waals surface area contributed by atoms with Gasteiger partial charge in [-0.15, -0.1) is 11.8 Å². The van der Waals surface area contributed by atoms with Crippen LogP contribution in [0.5, 0.6) is 0 Å². The molecule has 0 fully saturated rings. The molecule has 1 aromatic heterocycles. The first kappa shape index (κ1) is 12.1. The van der Waals surface area contributed by atoms with Gasteiger partial charge in [0.2, 0.25) is 0 Å². The number of hydrogen-bond donors (Lipinski definition) is 1. The fraction of sp³-hybridized carbons (Fsp3) is 0.0625. The highest BCUT2D eigenvalue weighted by Gasteiger charge is 2.05. The van der Waals surface area contributed by atoms with E-state index in [2.05, 4.69) is 41.4 Å². The minimum atomic E-state index is 0.736. The minimum absolute atomic E-state index is 0.736. The van der Waals surface area contributed by atoms with Gasteiger partial charge in [0.05, 0.1) is 11.2 Å². The lowest BCUT2D eigenvalue weighted by atomic mass is 10.2. The number of thioether (sulfide) groups is 1. The molecule has 2 aromatic carbocycles. The number of aromatic nitrogens is 1. The Hall–Kier alpha value is -2.00. The van der Waals surface area contributed by atoms with Gasteiger partial charge >= 0.3 is 0 Å². The third-order valence-corrected chi connectivity index (χ3v) is 4.14. The molecule has 0 bridgehead atoms.